The van der Waals surface area contributed by atoms with Crippen molar-refractivity contribution in [1.29, 1.82) is 10.7 Å². The summed E-state index contributed by atoms with van der Waals surface area (Å²) in [4.78, 5) is 0. The second-order valence-corrected chi connectivity index (χ2v) is 2.50. The highest BCUT2D eigenvalue weighted by Gasteiger charge is 2.24. The van der Waals surface area contributed by atoms with E-state index >= 15 is 0 Å². The minimum Gasteiger partial charge on any atom is -0.510 e. The predicted molar refractivity (Wildman–Crippen MR) is 35.1 cm³/mol. The number of nitrogens with zero attached hydrogens (tertiary/aromatic N) is 1. The molecular weight excluding hydrogens is 136 g/mol. The van der Waals surface area contributed by atoms with Gasteiger partial charge in [-0.25, -0.2) is 0 Å². The summed E-state index contributed by atoms with van der Waals surface area (Å²) in [6, 6.07) is 1.80. The molecule has 46 valence electrons. The SMILES string of the molecule is N#CC1C(=N)SC=C1O. The molecule has 0 aromatic rings. The summed E-state index contributed by atoms with van der Waals surface area (Å²) in [5, 5.41) is 25.8. The molecule has 1 aliphatic rings. The Balaban J connectivity index is 2.83. The van der Waals surface area contributed by atoms with E-state index in [1.54, 1.807) is 6.07 Å². The van der Waals surface area contributed by atoms with Gasteiger partial charge in [0.05, 0.1) is 11.1 Å². The van der Waals surface area contributed by atoms with Gasteiger partial charge in [0.25, 0.3) is 0 Å². The Morgan fingerprint density at radius 1 is 1.89 bits per heavy atom. The summed E-state index contributed by atoms with van der Waals surface area (Å²) in [5.41, 5.74) is 0. The zero-order valence-corrected chi connectivity index (χ0v) is 5.27. The molecule has 4 heteroatoms. The third-order valence-electron chi connectivity index (χ3n) is 0.994. The number of hydrogen-bond donors (Lipinski definition) is 2. The number of hydrogen-bond acceptors (Lipinski definition) is 4. The molecule has 0 bridgehead atoms. The van der Waals surface area contributed by atoms with Gasteiger partial charge in [0.1, 0.15) is 5.76 Å². The molecule has 0 radical (unpaired) electrons. The Morgan fingerprint density at radius 3 is 2.78 bits per heavy atom. The van der Waals surface area contributed by atoms with Crippen molar-refractivity contribution in [2.24, 2.45) is 5.92 Å². The van der Waals surface area contributed by atoms with Crippen LogP contribution in [0.25, 0.3) is 0 Å². The largest absolute Gasteiger partial charge is 0.510 e. The fourth-order valence-corrected chi connectivity index (χ4v) is 1.21. The van der Waals surface area contributed by atoms with Crippen molar-refractivity contribution in [1.82, 2.24) is 0 Å². The van der Waals surface area contributed by atoms with Crippen molar-refractivity contribution < 1.29 is 5.11 Å². The number of thioether (sulfide) groups is 1. The molecule has 3 nitrogen and oxygen atoms in total. The normalized spacial score (nSPS) is 25.4. The van der Waals surface area contributed by atoms with E-state index in [2.05, 4.69) is 0 Å². The Bertz CT molecular complexity index is 215. The Morgan fingerprint density at radius 2 is 2.56 bits per heavy atom. The third-order valence-corrected chi connectivity index (χ3v) is 1.84. The van der Waals surface area contributed by atoms with E-state index in [0.717, 1.165) is 11.8 Å². The number of allylic oxidation sites excluding steroid dienone is 1. The summed E-state index contributed by atoms with van der Waals surface area (Å²) in [6.45, 7) is 0. The van der Waals surface area contributed by atoms with Gasteiger partial charge in [0.2, 0.25) is 0 Å². The highest BCUT2D eigenvalue weighted by Crippen LogP contribution is 2.27. The quantitative estimate of drug-likeness (QED) is 0.532. The molecule has 0 amide bonds. The van der Waals surface area contributed by atoms with Crippen LogP contribution in [-0.2, 0) is 0 Å². The summed E-state index contributed by atoms with van der Waals surface area (Å²) in [6.07, 6.45) is 0. The standard InChI is InChI=1S/C5H4N2OS/c6-1-3-4(8)2-9-5(3)7/h2-3,7-8H. The van der Waals surface area contributed by atoms with Crippen LogP contribution in [0.2, 0.25) is 0 Å². The Kier molecular flexibility index (Phi) is 1.45. The summed E-state index contributed by atoms with van der Waals surface area (Å²) >= 11 is 1.09. The van der Waals surface area contributed by atoms with E-state index in [-0.39, 0.29) is 10.8 Å². The van der Waals surface area contributed by atoms with E-state index in [1.807, 2.05) is 0 Å². The first kappa shape index (κ1) is 6.17. The topological polar surface area (TPSA) is 67.9 Å². The lowest BCUT2D eigenvalue weighted by Gasteiger charge is -1.95. The zero-order valence-electron chi connectivity index (χ0n) is 4.46. The number of rotatable bonds is 0. The molecule has 0 fully saturated rings. The maximum atomic E-state index is 8.84. The first-order chi connectivity index (χ1) is 4.25. The lowest BCUT2D eigenvalue weighted by atomic mass is 10.2. The van der Waals surface area contributed by atoms with E-state index < -0.39 is 5.92 Å². The minimum absolute atomic E-state index is 0.00694. The van der Waals surface area contributed by atoms with Gasteiger partial charge in [-0.05, 0) is 0 Å². The average Bonchev–Trinajstić information content (AvgIpc) is 2.12. The van der Waals surface area contributed by atoms with Crippen molar-refractivity contribution in [3.8, 4) is 6.07 Å². The lowest BCUT2D eigenvalue weighted by molar-refractivity contribution is 0.389. The van der Waals surface area contributed by atoms with Gasteiger partial charge >= 0.3 is 0 Å². The van der Waals surface area contributed by atoms with Gasteiger partial charge in [-0.2, -0.15) is 5.26 Å². The second-order valence-electron chi connectivity index (χ2n) is 1.59. The van der Waals surface area contributed by atoms with E-state index in [4.69, 9.17) is 15.8 Å². The summed E-state index contributed by atoms with van der Waals surface area (Å²) in [7, 11) is 0. The van der Waals surface area contributed by atoms with Crippen LogP contribution in [0.4, 0.5) is 0 Å². The predicted octanol–water partition coefficient (Wildman–Crippen LogP) is 1.25. The average molecular weight is 140 g/mol. The van der Waals surface area contributed by atoms with Crippen LogP contribution >= 0.6 is 11.8 Å². The van der Waals surface area contributed by atoms with Crippen molar-refractivity contribution >= 4 is 16.8 Å². The molecule has 0 aromatic heterocycles. The van der Waals surface area contributed by atoms with Gasteiger partial charge < -0.3 is 5.11 Å². The lowest BCUT2D eigenvalue weighted by Crippen LogP contribution is -2.03. The number of aliphatic hydroxyl groups excluding tert-OH is 1. The van der Waals surface area contributed by atoms with Crippen LogP contribution in [0.5, 0.6) is 0 Å². The van der Waals surface area contributed by atoms with Crippen molar-refractivity contribution in [3.05, 3.63) is 11.2 Å². The molecule has 2 N–H and O–H groups in total. The zero-order chi connectivity index (χ0) is 6.85. The highest BCUT2D eigenvalue weighted by molar-refractivity contribution is 8.16. The first-order valence-corrected chi connectivity index (χ1v) is 3.17. The molecule has 0 spiro atoms. The van der Waals surface area contributed by atoms with Crippen molar-refractivity contribution in [3.63, 3.8) is 0 Å². The highest BCUT2D eigenvalue weighted by atomic mass is 32.2. The smallest absolute Gasteiger partial charge is 0.151 e. The molecule has 0 aromatic carbocycles. The molecule has 1 atom stereocenters. The van der Waals surface area contributed by atoms with Crippen molar-refractivity contribution in [2.75, 3.05) is 0 Å². The number of nitriles is 1. The fourth-order valence-electron chi connectivity index (χ4n) is 0.519. The molecule has 9 heavy (non-hydrogen) atoms. The molecule has 0 saturated carbocycles. The van der Waals surface area contributed by atoms with Crippen LogP contribution in [0.3, 0.4) is 0 Å². The summed E-state index contributed by atoms with van der Waals surface area (Å²) < 4.78 is 0. The Hall–Kier alpha value is -0.950. The van der Waals surface area contributed by atoms with Gasteiger partial charge in [-0.15, -0.1) is 0 Å². The van der Waals surface area contributed by atoms with E-state index in [1.165, 1.54) is 5.41 Å². The van der Waals surface area contributed by atoms with E-state index in [0.29, 0.717) is 0 Å². The molecule has 0 aliphatic carbocycles. The van der Waals surface area contributed by atoms with Gasteiger partial charge in [-0.1, -0.05) is 11.8 Å². The first-order valence-electron chi connectivity index (χ1n) is 2.29. The van der Waals surface area contributed by atoms with Gasteiger partial charge in [0.15, 0.2) is 5.92 Å². The molecule has 1 rings (SSSR count). The van der Waals surface area contributed by atoms with Crippen LogP contribution in [0.1, 0.15) is 0 Å². The molecule has 1 heterocycles. The molecule has 1 unspecified atom stereocenters. The van der Waals surface area contributed by atoms with Gasteiger partial charge in [-0.3, -0.25) is 5.41 Å². The van der Waals surface area contributed by atoms with Crippen LogP contribution in [-0.4, -0.2) is 10.2 Å². The Labute approximate surface area is 56.5 Å². The third kappa shape index (κ3) is 0.911. The van der Waals surface area contributed by atoms with E-state index in [9.17, 15) is 0 Å². The second kappa shape index (κ2) is 2.11. The maximum absolute atomic E-state index is 8.84. The fraction of sp³-hybridized carbons (Fsp3) is 0.200. The summed E-state index contributed by atoms with van der Waals surface area (Å²) in [5.74, 6) is -0.706. The molecular formula is C5H4N2OS. The van der Waals surface area contributed by atoms with Crippen LogP contribution in [0.15, 0.2) is 11.2 Å². The molecule has 0 saturated heterocycles. The minimum atomic E-state index is -0.699. The number of nitrogens with one attached hydrogen (secondary N) is 1. The number of aliphatic hydroxyl groups is 1. The van der Waals surface area contributed by atoms with Gasteiger partial charge in [0, 0.05) is 5.41 Å². The van der Waals surface area contributed by atoms with Crippen molar-refractivity contribution in [2.45, 2.75) is 0 Å². The van der Waals surface area contributed by atoms with Crippen LogP contribution in [0, 0.1) is 22.7 Å². The monoisotopic (exact) mass is 140 g/mol. The van der Waals surface area contributed by atoms with Crippen LogP contribution < -0.4 is 0 Å². The molecule has 1 aliphatic heterocycles. The maximum Gasteiger partial charge on any atom is 0.151 e.